The molecule has 1 N–H and O–H groups in total. The van der Waals surface area contributed by atoms with Crippen LogP contribution in [0.4, 0.5) is 0 Å². The summed E-state index contributed by atoms with van der Waals surface area (Å²) in [6.45, 7) is 10.5. The van der Waals surface area contributed by atoms with E-state index in [0.717, 1.165) is 24.4 Å². The Kier molecular flexibility index (Phi) is 5.62. The van der Waals surface area contributed by atoms with E-state index < -0.39 is 0 Å². The third-order valence-corrected chi connectivity index (χ3v) is 3.42. The van der Waals surface area contributed by atoms with Crippen LogP contribution in [-0.2, 0) is 0 Å². The van der Waals surface area contributed by atoms with Crippen LogP contribution in [0.15, 0.2) is 0 Å². The maximum atomic E-state index is 3.50. The Morgan fingerprint density at radius 3 is 2.47 bits per heavy atom. The average Bonchev–Trinajstić information content (AvgIpc) is 2.98. The quantitative estimate of drug-likeness (QED) is 0.621. The van der Waals surface area contributed by atoms with Gasteiger partial charge >= 0.3 is 0 Å². The van der Waals surface area contributed by atoms with Crippen LogP contribution >= 0.6 is 0 Å². The molecule has 15 heavy (non-hydrogen) atoms. The third kappa shape index (κ3) is 5.53. The first-order chi connectivity index (χ1) is 7.11. The molecule has 0 saturated heterocycles. The lowest BCUT2D eigenvalue weighted by atomic mass is 10.2. The molecular weight excluding hydrogens is 184 g/mol. The number of nitrogens with zero attached hydrogens (tertiary/aromatic N) is 1. The highest BCUT2D eigenvalue weighted by molar-refractivity contribution is 4.83. The van der Waals surface area contributed by atoms with Crippen molar-refractivity contribution in [1.82, 2.24) is 10.2 Å². The lowest BCUT2D eigenvalue weighted by Crippen LogP contribution is -2.33. The third-order valence-electron chi connectivity index (χ3n) is 3.42. The van der Waals surface area contributed by atoms with E-state index in [2.05, 4.69) is 38.0 Å². The Labute approximate surface area is 95.4 Å². The van der Waals surface area contributed by atoms with Crippen molar-refractivity contribution in [2.45, 2.75) is 46.1 Å². The molecule has 2 heteroatoms. The summed E-state index contributed by atoms with van der Waals surface area (Å²) >= 11 is 0. The zero-order chi connectivity index (χ0) is 11.3. The van der Waals surface area contributed by atoms with Crippen LogP contribution < -0.4 is 5.32 Å². The van der Waals surface area contributed by atoms with E-state index in [1.807, 2.05) is 0 Å². The first-order valence-electron chi connectivity index (χ1n) is 6.52. The smallest absolute Gasteiger partial charge is 0.00921 e. The van der Waals surface area contributed by atoms with Crippen LogP contribution in [0.5, 0.6) is 0 Å². The first kappa shape index (κ1) is 13.0. The van der Waals surface area contributed by atoms with E-state index in [-0.39, 0.29) is 0 Å². The van der Waals surface area contributed by atoms with E-state index in [4.69, 9.17) is 0 Å². The average molecular weight is 212 g/mol. The van der Waals surface area contributed by atoms with E-state index in [1.165, 1.54) is 32.4 Å². The zero-order valence-corrected chi connectivity index (χ0v) is 10.9. The molecule has 0 aromatic rings. The lowest BCUT2D eigenvalue weighted by Gasteiger charge is -2.24. The summed E-state index contributed by atoms with van der Waals surface area (Å²) in [6, 6.07) is 0.801. The topological polar surface area (TPSA) is 15.3 Å². The minimum Gasteiger partial charge on any atom is -0.316 e. The van der Waals surface area contributed by atoms with Gasteiger partial charge in [-0.1, -0.05) is 13.8 Å². The SMILES string of the molecule is CC(C)CNCCCN(C)C(C)C1CC1. The minimum atomic E-state index is 0.771. The molecule has 0 bridgehead atoms. The highest BCUT2D eigenvalue weighted by atomic mass is 15.1. The van der Waals surface area contributed by atoms with Crippen molar-refractivity contribution in [1.29, 1.82) is 0 Å². The standard InChI is InChI=1S/C13H28N2/c1-11(2)10-14-8-5-9-15(4)12(3)13-6-7-13/h11-14H,5-10H2,1-4H3. The van der Waals surface area contributed by atoms with Gasteiger partial charge in [0.15, 0.2) is 0 Å². The van der Waals surface area contributed by atoms with Crippen molar-refractivity contribution < 1.29 is 0 Å². The Hall–Kier alpha value is -0.0800. The van der Waals surface area contributed by atoms with Crippen molar-refractivity contribution in [3.8, 4) is 0 Å². The molecule has 90 valence electrons. The van der Waals surface area contributed by atoms with E-state index in [0.29, 0.717) is 0 Å². The summed E-state index contributed by atoms with van der Waals surface area (Å²) in [6.07, 6.45) is 4.19. The lowest BCUT2D eigenvalue weighted by molar-refractivity contribution is 0.231. The molecule has 0 radical (unpaired) electrons. The summed E-state index contributed by atoms with van der Waals surface area (Å²) in [7, 11) is 2.27. The molecule has 0 heterocycles. The molecule has 1 unspecified atom stereocenters. The first-order valence-corrected chi connectivity index (χ1v) is 6.52. The van der Waals surface area contributed by atoms with E-state index in [9.17, 15) is 0 Å². The number of rotatable bonds is 8. The van der Waals surface area contributed by atoms with Gasteiger partial charge in [-0.3, -0.25) is 0 Å². The second-order valence-electron chi connectivity index (χ2n) is 5.51. The van der Waals surface area contributed by atoms with Gasteiger partial charge in [0.1, 0.15) is 0 Å². The van der Waals surface area contributed by atoms with Gasteiger partial charge in [-0.2, -0.15) is 0 Å². The molecule has 0 amide bonds. The molecule has 2 nitrogen and oxygen atoms in total. The van der Waals surface area contributed by atoms with Gasteiger partial charge in [0.25, 0.3) is 0 Å². The predicted molar refractivity (Wildman–Crippen MR) is 67.1 cm³/mol. The monoisotopic (exact) mass is 212 g/mol. The summed E-state index contributed by atoms with van der Waals surface area (Å²) in [4.78, 5) is 2.52. The normalized spacial score (nSPS) is 18.8. The van der Waals surface area contributed by atoms with Gasteiger partial charge in [0, 0.05) is 6.04 Å². The predicted octanol–water partition coefficient (Wildman–Crippen LogP) is 2.35. The van der Waals surface area contributed by atoms with Crippen molar-refractivity contribution in [3.05, 3.63) is 0 Å². The van der Waals surface area contributed by atoms with E-state index >= 15 is 0 Å². The van der Waals surface area contributed by atoms with Gasteiger partial charge in [-0.25, -0.2) is 0 Å². The molecule has 1 aliphatic carbocycles. The Bertz CT molecular complexity index is 164. The van der Waals surface area contributed by atoms with Crippen LogP contribution in [0.25, 0.3) is 0 Å². The molecule has 0 spiro atoms. The second kappa shape index (κ2) is 6.49. The molecule has 1 saturated carbocycles. The number of hydrogen-bond acceptors (Lipinski definition) is 2. The fraction of sp³-hybridized carbons (Fsp3) is 1.00. The Balaban J connectivity index is 1.94. The van der Waals surface area contributed by atoms with Crippen molar-refractivity contribution >= 4 is 0 Å². The van der Waals surface area contributed by atoms with Gasteiger partial charge in [0.2, 0.25) is 0 Å². The summed E-state index contributed by atoms with van der Waals surface area (Å²) in [5.74, 6) is 1.77. The van der Waals surface area contributed by atoms with Crippen LogP contribution in [-0.4, -0.2) is 37.6 Å². The molecule has 0 aromatic carbocycles. The molecule has 0 aromatic heterocycles. The number of hydrogen-bond donors (Lipinski definition) is 1. The van der Waals surface area contributed by atoms with Crippen LogP contribution in [0.2, 0.25) is 0 Å². The maximum Gasteiger partial charge on any atom is 0.00921 e. The molecular formula is C13H28N2. The minimum absolute atomic E-state index is 0.771. The maximum absolute atomic E-state index is 3.50. The summed E-state index contributed by atoms with van der Waals surface area (Å²) in [5.41, 5.74) is 0. The fourth-order valence-corrected chi connectivity index (χ4v) is 1.99. The van der Waals surface area contributed by atoms with Crippen LogP contribution in [0.1, 0.15) is 40.0 Å². The summed E-state index contributed by atoms with van der Waals surface area (Å²) < 4.78 is 0. The van der Waals surface area contributed by atoms with Gasteiger partial charge in [-0.05, 0) is 64.7 Å². The van der Waals surface area contributed by atoms with Gasteiger partial charge < -0.3 is 10.2 Å². The highest BCUT2D eigenvalue weighted by Crippen LogP contribution is 2.34. The van der Waals surface area contributed by atoms with Crippen molar-refractivity contribution in [2.75, 3.05) is 26.7 Å². The second-order valence-corrected chi connectivity index (χ2v) is 5.51. The zero-order valence-electron chi connectivity index (χ0n) is 10.9. The van der Waals surface area contributed by atoms with Crippen LogP contribution in [0.3, 0.4) is 0 Å². The summed E-state index contributed by atoms with van der Waals surface area (Å²) in [5, 5.41) is 3.50. The van der Waals surface area contributed by atoms with Crippen molar-refractivity contribution in [2.24, 2.45) is 11.8 Å². The number of nitrogens with one attached hydrogen (secondary N) is 1. The Morgan fingerprint density at radius 1 is 1.27 bits per heavy atom. The molecule has 1 fully saturated rings. The van der Waals surface area contributed by atoms with Gasteiger partial charge in [0.05, 0.1) is 0 Å². The molecule has 0 aliphatic heterocycles. The fourth-order valence-electron chi connectivity index (χ4n) is 1.99. The molecule has 1 rings (SSSR count). The largest absolute Gasteiger partial charge is 0.316 e. The van der Waals surface area contributed by atoms with Crippen molar-refractivity contribution in [3.63, 3.8) is 0 Å². The van der Waals surface area contributed by atoms with E-state index in [1.54, 1.807) is 0 Å². The van der Waals surface area contributed by atoms with Crippen LogP contribution in [0, 0.1) is 11.8 Å². The molecule has 1 atom stereocenters. The Morgan fingerprint density at radius 2 is 1.93 bits per heavy atom. The highest BCUT2D eigenvalue weighted by Gasteiger charge is 2.29. The van der Waals surface area contributed by atoms with Gasteiger partial charge in [-0.15, -0.1) is 0 Å². The molecule has 1 aliphatic rings.